The third-order valence-electron chi connectivity index (χ3n) is 5.22. The molecule has 5 heteroatoms. The van der Waals surface area contributed by atoms with E-state index in [2.05, 4.69) is 72.3 Å². The molecule has 0 spiro atoms. The SMILES string of the molecule is COc1ccc2cc(N(C)Cc3ccc(N(C)C)cc3)c(-c3cccnc3)nc2c1. The quantitative estimate of drug-likeness (QED) is 0.457. The number of rotatable bonds is 6. The van der Waals surface area contributed by atoms with Crippen molar-refractivity contribution in [3.63, 3.8) is 0 Å². The van der Waals surface area contributed by atoms with Crippen molar-refractivity contribution in [2.45, 2.75) is 6.54 Å². The van der Waals surface area contributed by atoms with Gasteiger partial charge in [-0.3, -0.25) is 4.98 Å². The van der Waals surface area contributed by atoms with Crippen LogP contribution in [0.15, 0.2) is 73.1 Å². The number of hydrogen-bond acceptors (Lipinski definition) is 5. The third-order valence-corrected chi connectivity index (χ3v) is 5.22. The molecular weight excluding hydrogens is 372 g/mol. The molecule has 152 valence electrons. The van der Waals surface area contributed by atoms with Crippen LogP contribution in [0.2, 0.25) is 0 Å². The Balaban J connectivity index is 1.75. The summed E-state index contributed by atoms with van der Waals surface area (Å²) in [6, 6.07) is 20.8. The van der Waals surface area contributed by atoms with Gasteiger partial charge in [-0.15, -0.1) is 0 Å². The molecule has 0 unspecified atom stereocenters. The summed E-state index contributed by atoms with van der Waals surface area (Å²) in [5.74, 6) is 0.800. The Morgan fingerprint density at radius 1 is 0.933 bits per heavy atom. The number of aromatic nitrogens is 2. The van der Waals surface area contributed by atoms with Gasteiger partial charge in [0.15, 0.2) is 0 Å². The highest BCUT2D eigenvalue weighted by molar-refractivity contribution is 5.89. The lowest BCUT2D eigenvalue weighted by Crippen LogP contribution is -2.18. The zero-order valence-corrected chi connectivity index (χ0v) is 17.8. The van der Waals surface area contributed by atoms with Crippen LogP contribution in [-0.4, -0.2) is 38.2 Å². The molecule has 0 bridgehead atoms. The van der Waals surface area contributed by atoms with Crippen molar-refractivity contribution in [1.29, 1.82) is 0 Å². The van der Waals surface area contributed by atoms with E-state index >= 15 is 0 Å². The standard InChI is InChI=1S/C25H26N4O/c1-28(2)21-10-7-18(8-11-21)17-29(3)24-14-19-9-12-22(30-4)15-23(19)27-25(24)20-6-5-13-26-16-20/h5-16H,17H2,1-4H3. The van der Waals surface area contributed by atoms with E-state index in [1.807, 2.05) is 30.5 Å². The molecule has 2 aromatic carbocycles. The first-order valence-corrected chi connectivity index (χ1v) is 9.92. The van der Waals surface area contributed by atoms with E-state index in [0.29, 0.717) is 0 Å². The smallest absolute Gasteiger partial charge is 0.121 e. The van der Waals surface area contributed by atoms with E-state index in [-0.39, 0.29) is 0 Å². The summed E-state index contributed by atoms with van der Waals surface area (Å²) in [5, 5.41) is 1.08. The highest BCUT2D eigenvalue weighted by Crippen LogP contribution is 2.33. The Kier molecular flexibility index (Phi) is 5.53. The van der Waals surface area contributed by atoms with Crippen LogP contribution in [0.4, 0.5) is 11.4 Å². The van der Waals surface area contributed by atoms with Gasteiger partial charge in [-0.1, -0.05) is 12.1 Å². The van der Waals surface area contributed by atoms with E-state index in [9.17, 15) is 0 Å². The summed E-state index contributed by atoms with van der Waals surface area (Å²) in [4.78, 5) is 13.6. The van der Waals surface area contributed by atoms with Gasteiger partial charge in [0.05, 0.1) is 24.0 Å². The lowest BCUT2D eigenvalue weighted by Gasteiger charge is -2.23. The molecule has 0 N–H and O–H groups in total. The van der Waals surface area contributed by atoms with Gasteiger partial charge in [-0.05, 0) is 48.0 Å². The molecule has 30 heavy (non-hydrogen) atoms. The third kappa shape index (κ3) is 4.06. The van der Waals surface area contributed by atoms with Crippen LogP contribution in [0.5, 0.6) is 5.75 Å². The van der Waals surface area contributed by atoms with Crippen LogP contribution in [0.1, 0.15) is 5.56 Å². The van der Waals surface area contributed by atoms with Crippen molar-refractivity contribution in [2.24, 2.45) is 0 Å². The predicted molar refractivity (Wildman–Crippen MR) is 124 cm³/mol. The normalized spacial score (nSPS) is 10.8. The van der Waals surface area contributed by atoms with Gasteiger partial charge in [-0.2, -0.15) is 0 Å². The summed E-state index contributed by atoms with van der Waals surface area (Å²) in [7, 11) is 7.88. The second-order valence-corrected chi connectivity index (χ2v) is 7.57. The van der Waals surface area contributed by atoms with Gasteiger partial charge < -0.3 is 14.5 Å². The zero-order chi connectivity index (χ0) is 21.1. The molecule has 4 rings (SSSR count). The Morgan fingerprint density at radius 3 is 2.40 bits per heavy atom. The van der Waals surface area contributed by atoms with Crippen LogP contribution < -0.4 is 14.5 Å². The average molecular weight is 399 g/mol. The Bertz CT molecular complexity index is 1140. The Labute approximate surface area is 177 Å². The van der Waals surface area contributed by atoms with Crippen LogP contribution in [-0.2, 0) is 6.54 Å². The first-order chi connectivity index (χ1) is 14.5. The summed E-state index contributed by atoms with van der Waals surface area (Å²) in [5.41, 5.74) is 6.31. The maximum Gasteiger partial charge on any atom is 0.121 e. The average Bonchev–Trinajstić information content (AvgIpc) is 2.78. The molecule has 0 fully saturated rings. The monoisotopic (exact) mass is 398 g/mol. The minimum Gasteiger partial charge on any atom is -0.497 e. The van der Waals surface area contributed by atoms with Crippen LogP contribution in [0.25, 0.3) is 22.2 Å². The first-order valence-electron chi connectivity index (χ1n) is 9.92. The van der Waals surface area contributed by atoms with Crippen molar-refractivity contribution >= 4 is 22.3 Å². The second-order valence-electron chi connectivity index (χ2n) is 7.57. The first kappa shape index (κ1) is 19.7. The van der Waals surface area contributed by atoms with Crippen molar-refractivity contribution in [2.75, 3.05) is 38.1 Å². The maximum atomic E-state index is 5.38. The lowest BCUT2D eigenvalue weighted by atomic mass is 10.1. The molecule has 0 atom stereocenters. The molecule has 5 nitrogen and oxygen atoms in total. The molecule has 4 aromatic rings. The molecule has 2 aromatic heterocycles. The molecule has 2 heterocycles. The van der Waals surface area contributed by atoms with Gasteiger partial charge in [0.2, 0.25) is 0 Å². The van der Waals surface area contributed by atoms with Gasteiger partial charge in [0, 0.05) is 62.8 Å². The van der Waals surface area contributed by atoms with Crippen LogP contribution in [0, 0.1) is 0 Å². The molecule has 0 aliphatic rings. The predicted octanol–water partition coefficient (Wildman–Crippen LogP) is 5.01. The summed E-state index contributed by atoms with van der Waals surface area (Å²) in [6.45, 7) is 0.782. The van der Waals surface area contributed by atoms with E-state index < -0.39 is 0 Å². The summed E-state index contributed by atoms with van der Waals surface area (Å²) >= 11 is 0. The fraction of sp³-hybridized carbons (Fsp3) is 0.200. The van der Waals surface area contributed by atoms with Crippen LogP contribution >= 0.6 is 0 Å². The number of methoxy groups -OCH3 is 1. The van der Waals surface area contributed by atoms with Crippen molar-refractivity contribution in [3.05, 3.63) is 78.6 Å². The summed E-state index contributed by atoms with van der Waals surface area (Å²) < 4.78 is 5.38. The fourth-order valence-corrected chi connectivity index (χ4v) is 3.53. The highest BCUT2D eigenvalue weighted by Gasteiger charge is 2.14. The number of nitrogens with zero attached hydrogens (tertiary/aromatic N) is 4. The molecule has 0 aliphatic heterocycles. The van der Waals surface area contributed by atoms with Crippen molar-refractivity contribution < 1.29 is 4.74 Å². The largest absolute Gasteiger partial charge is 0.497 e. The number of benzene rings is 2. The number of fused-ring (bicyclic) bond motifs is 1. The molecule has 0 saturated heterocycles. The molecule has 0 aliphatic carbocycles. The number of hydrogen-bond donors (Lipinski definition) is 0. The van der Waals surface area contributed by atoms with Gasteiger partial charge >= 0.3 is 0 Å². The van der Waals surface area contributed by atoms with E-state index in [0.717, 1.165) is 40.1 Å². The minimum absolute atomic E-state index is 0.782. The van der Waals surface area contributed by atoms with Crippen LogP contribution in [0.3, 0.4) is 0 Å². The fourth-order valence-electron chi connectivity index (χ4n) is 3.53. The summed E-state index contributed by atoms with van der Waals surface area (Å²) in [6.07, 6.45) is 3.64. The Hall–Kier alpha value is -3.60. The van der Waals surface area contributed by atoms with Gasteiger partial charge in [0.1, 0.15) is 5.75 Å². The van der Waals surface area contributed by atoms with E-state index in [1.165, 1.54) is 11.3 Å². The van der Waals surface area contributed by atoms with Crippen molar-refractivity contribution in [1.82, 2.24) is 9.97 Å². The highest BCUT2D eigenvalue weighted by atomic mass is 16.5. The van der Waals surface area contributed by atoms with Crippen molar-refractivity contribution in [3.8, 4) is 17.0 Å². The molecule has 0 saturated carbocycles. The molecule has 0 amide bonds. The van der Waals surface area contributed by atoms with Gasteiger partial charge in [-0.25, -0.2) is 4.98 Å². The lowest BCUT2D eigenvalue weighted by molar-refractivity contribution is 0.415. The zero-order valence-electron chi connectivity index (χ0n) is 17.8. The van der Waals surface area contributed by atoms with E-state index in [1.54, 1.807) is 13.3 Å². The van der Waals surface area contributed by atoms with Gasteiger partial charge in [0.25, 0.3) is 0 Å². The number of ether oxygens (including phenoxy) is 1. The van der Waals surface area contributed by atoms with E-state index in [4.69, 9.17) is 9.72 Å². The number of pyridine rings is 2. The number of anilines is 2. The topological polar surface area (TPSA) is 41.5 Å². The Morgan fingerprint density at radius 2 is 1.73 bits per heavy atom. The molecule has 0 radical (unpaired) electrons. The molecular formula is C25H26N4O. The second kappa shape index (κ2) is 8.41. The maximum absolute atomic E-state index is 5.38. The minimum atomic E-state index is 0.782.